The fourth-order valence-corrected chi connectivity index (χ4v) is 2.82. The normalized spacial score (nSPS) is 15.5. The molecule has 1 aromatic rings. The van der Waals surface area contributed by atoms with Gasteiger partial charge in [-0.15, -0.1) is 0 Å². The minimum absolute atomic E-state index is 0.0827. The largest absolute Gasteiger partial charge is 0.453 e. The number of carbonyl (C=O) groups is 2. The summed E-state index contributed by atoms with van der Waals surface area (Å²) in [4.78, 5) is 27.4. The Morgan fingerprint density at radius 1 is 1.23 bits per heavy atom. The number of amides is 2. The SMILES string of the molecule is COC(=O)N1CCN(CCNC(=O)c2ccccc2Br)CC1. The van der Waals surface area contributed by atoms with Gasteiger partial charge in [0, 0.05) is 43.7 Å². The van der Waals surface area contributed by atoms with Crippen molar-refractivity contribution < 1.29 is 14.3 Å². The Kier molecular flexibility index (Phi) is 6.21. The summed E-state index contributed by atoms with van der Waals surface area (Å²) in [6, 6.07) is 7.35. The number of carbonyl (C=O) groups excluding carboxylic acids is 2. The highest BCUT2D eigenvalue weighted by Crippen LogP contribution is 2.15. The van der Waals surface area contributed by atoms with Crippen molar-refractivity contribution >= 4 is 27.9 Å². The lowest BCUT2D eigenvalue weighted by molar-refractivity contribution is 0.0884. The van der Waals surface area contributed by atoms with Crippen molar-refractivity contribution in [3.8, 4) is 0 Å². The van der Waals surface area contributed by atoms with Crippen LogP contribution in [0.3, 0.4) is 0 Å². The van der Waals surface area contributed by atoms with Gasteiger partial charge in [0.25, 0.3) is 5.91 Å². The van der Waals surface area contributed by atoms with Gasteiger partial charge in [-0.1, -0.05) is 12.1 Å². The maximum atomic E-state index is 12.1. The molecule has 0 atom stereocenters. The summed E-state index contributed by atoms with van der Waals surface area (Å²) in [5.41, 5.74) is 0.637. The zero-order chi connectivity index (χ0) is 15.9. The summed E-state index contributed by atoms with van der Waals surface area (Å²) >= 11 is 3.37. The van der Waals surface area contributed by atoms with Gasteiger partial charge in [-0.05, 0) is 28.1 Å². The van der Waals surface area contributed by atoms with Gasteiger partial charge in [0.2, 0.25) is 0 Å². The van der Waals surface area contributed by atoms with Crippen molar-refractivity contribution in [3.63, 3.8) is 0 Å². The van der Waals surface area contributed by atoms with E-state index in [2.05, 4.69) is 26.1 Å². The standard InChI is InChI=1S/C15H20BrN3O3/c1-22-15(21)19-10-8-18(9-11-19)7-6-17-14(20)12-4-2-3-5-13(12)16/h2-5H,6-11H2,1H3,(H,17,20). The Hall–Kier alpha value is -1.60. The van der Waals surface area contributed by atoms with E-state index < -0.39 is 0 Å². The Morgan fingerprint density at radius 2 is 1.91 bits per heavy atom. The van der Waals surface area contributed by atoms with Gasteiger partial charge < -0.3 is 15.0 Å². The van der Waals surface area contributed by atoms with Crippen LogP contribution in [0.5, 0.6) is 0 Å². The van der Waals surface area contributed by atoms with E-state index >= 15 is 0 Å². The third kappa shape index (κ3) is 4.45. The molecule has 7 heteroatoms. The second kappa shape index (κ2) is 8.14. The van der Waals surface area contributed by atoms with Crippen molar-refractivity contribution in [1.29, 1.82) is 0 Å². The number of ether oxygens (including phenoxy) is 1. The van der Waals surface area contributed by atoms with Crippen LogP contribution in [0.1, 0.15) is 10.4 Å². The molecule has 6 nitrogen and oxygen atoms in total. The van der Waals surface area contributed by atoms with Gasteiger partial charge in [0.05, 0.1) is 12.7 Å². The lowest BCUT2D eigenvalue weighted by atomic mass is 10.2. The number of hydrogen-bond donors (Lipinski definition) is 1. The molecule has 0 aromatic heterocycles. The van der Waals surface area contributed by atoms with E-state index in [4.69, 9.17) is 4.74 Å². The molecule has 0 spiro atoms. The molecule has 2 amide bonds. The fourth-order valence-electron chi connectivity index (χ4n) is 2.35. The first-order valence-electron chi connectivity index (χ1n) is 7.20. The topological polar surface area (TPSA) is 61.9 Å². The van der Waals surface area contributed by atoms with E-state index in [1.165, 1.54) is 7.11 Å². The first-order valence-corrected chi connectivity index (χ1v) is 7.99. The Bertz CT molecular complexity index is 531. The molecule has 1 aliphatic heterocycles. The number of benzene rings is 1. The molecule has 1 N–H and O–H groups in total. The molecule has 0 bridgehead atoms. The third-order valence-corrected chi connectivity index (χ3v) is 4.33. The molecule has 0 aliphatic carbocycles. The highest BCUT2D eigenvalue weighted by Gasteiger charge is 2.21. The second-order valence-electron chi connectivity index (χ2n) is 5.03. The van der Waals surface area contributed by atoms with Gasteiger partial charge in [-0.3, -0.25) is 9.69 Å². The summed E-state index contributed by atoms with van der Waals surface area (Å²) in [6.45, 7) is 4.25. The molecule has 1 heterocycles. The monoisotopic (exact) mass is 369 g/mol. The summed E-state index contributed by atoms with van der Waals surface area (Å²) in [7, 11) is 1.39. The van der Waals surface area contributed by atoms with Crippen molar-refractivity contribution in [2.24, 2.45) is 0 Å². The predicted octanol–water partition coefficient (Wildman–Crippen LogP) is 1.56. The van der Waals surface area contributed by atoms with E-state index in [9.17, 15) is 9.59 Å². The summed E-state index contributed by atoms with van der Waals surface area (Å²) < 4.78 is 5.50. The second-order valence-corrected chi connectivity index (χ2v) is 5.89. The summed E-state index contributed by atoms with van der Waals surface area (Å²) in [5, 5.41) is 2.92. The Labute approximate surface area is 138 Å². The van der Waals surface area contributed by atoms with Crippen LogP contribution in [-0.4, -0.2) is 68.2 Å². The van der Waals surface area contributed by atoms with Crippen LogP contribution >= 0.6 is 15.9 Å². The van der Waals surface area contributed by atoms with Gasteiger partial charge in [0.15, 0.2) is 0 Å². The maximum absolute atomic E-state index is 12.1. The quantitative estimate of drug-likeness (QED) is 0.874. The zero-order valence-electron chi connectivity index (χ0n) is 12.5. The van der Waals surface area contributed by atoms with Gasteiger partial charge in [-0.25, -0.2) is 4.79 Å². The molecule has 1 fully saturated rings. The van der Waals surface area contributed by atoms with E-state index in [1.807, 2.05) is 18.2 Å². The maximum Gasteiger partial charge on any atom is 0.409 e. The van der Waals surface area contributed by atoms with Gasteiger partial charge >= 0.3 is 6.09 Å². The van der Waals surface area contributed by atoms with Crippen LogP contribution in [0, 0.1) is 0 Å². The number of hydrogen-bond acceptors (Lipinski definition) is 4. The van der Waals surface area contributed by atoms with Crippen molar-refractivity contribution in [3.05, 3.63) is 34.3 Å². The number of piperazine rings is 1. The smallest absolute Gasteiger partial charge is 0.409 e. The Balaban J connectivity index is 1.71. The molecular formula is C15H20BrN3O3. The zero-order valence-corrected chi connectivity index (χ0v) is 14.1. The first kappa shape index (κ1) is 16.8. The highest BCUT2D eigenvalue weighted by atomic mass is 79.9. The average Bonchev–Trinajstić information content (AvgIpc) is 2.55. The van der Waals surface area contributed by atoms with E-state index in [1.54, 1.807) is 11.0 Å². The molecule has 22 heavy (non-hydrogen) atoms. The highest BCUT2D eigenvalue weighted by molar-refractivity contribution is 9.10. The number of halogens is 1. The Morgan fingerprint density at radius 3 is 2.55 bits per heavy atom. The molecular weight excluding hydrogens is 350 g/mol. The lowest BCUT2D eigenvalue weighted by Gasteiger charge is -2.33. The summed E-state index contributed by atoms with van der Waals surface area (Å²) in [5.74, 6) is -0.0827. The van der Waals surface area contributed by atoms with Gasteiger partial charge in [0.1, 0.15) is 0 Å². The number of rotatable bonds is 4. The minimum atomic E-state index is -0.276. The molecule has 1 aromatic carbocycles. The van der Waals surface area contributed by atoms with Crippen molar-refractivity contribution in [2.75, 3.05) is 46.4 Å². The van der Waals surface area contributed by atoms with Gasteiger partial charge in [-0.2, -0.15) is 0 Å². The molecule has 1 aliphatic rings. The number of nitrogens with zero attached hydrogens (tertiary/aromatic N) is 2. The third-order valence-electron chi connectivity index (χ3n) is 3.64. The molecule has 1 saturated heterocycles. The average molecular weight is 370 g/mol. The fraction of sp³-hybridized carbons (Fsp3) is 0.467. The van der Waals surface area contributed by atoms with Crippen LogP contribution in [0.15, 0.2) is 28.7 Å². The van der Waals surface area contributed by atoms with Crippen LogP contribution in [0.25, 0.3) is 0 Å². The number of methoxy groups -OCH3 is 1. The summed E-state index contributed by atoms with van der Waals surface area (Å²) in [6.07, 6.45) is -0.276. The van der Waals surface area contributed by atoms with Crippen molar-refractivity contribution in [1.82, 2.24) is 15.1 Å². The molecule has 2 rings (SSSR count). The molecule has 120 valence electrons. The molecule has 0 saturated carbocycles. The molecule has 0 unspecified atom stereocenters. The lowest BCUT2D eigenvalue weighted by Crippen LogP contribution is -2.50. The first-order chi connectivity index (χ1) is 10.6. The van der Waals surface area contributed by atoms with Crippen molar-refractivity contribution in [2.45, 2.75) is 0 Å². The van der Waals surface area contributed by atoms with Crippen LogP contribution < -0.4 is 5.32 Å². The van der Waals surface area contributed by atoms with Crippen LogP contribution in [0.2, 0.25) is 0 Å². The minimum Gasteiger partial charge on any atom is -0.453 e. The molecule has 0 radical (unpaired) electrons. The van der Waals surface area contributed by atoms with E-state index in [0.717, 1.165) is 24.1 Å². The van der Waals surface area contributed by atoms with Crippen LogP contribution in [-0.2, 0) is 4.74 Å². The van der Waals surface area contributed by atoms with E-state index in [0.29, 0.717) is 25.2 Å². The van der Waals surface area contributed by atoms with Crippen LogP contribution in [0.4, 0.5) is 4.79 Å². The predicted molar refractivity (Wildman–Crippen MR) is 86.9 cm³/mol. The number of nitrogens with one attached hydrogen (secondary N) is 1. The van der Waals surface area contributed by atoms with E-state index in [-0.39, 0.29) is 12.0 Å².